The number of rotatable bonds is 4. The summed E-state index contributed by atoms with van der Waals surface area (Å²) in [7, 11) is 0. The molecule has 1 fully saturated rings. The number of carbonyl (C=O) groups is 2. The zero-order valence-corrected chi connectivity index (χ0v) is 15.5. The molecule has 2 heterocycles. The molecule has 26 heavy (non-hydrogen) atoms. The Morgan fingerprint density at radius 2 is 1.88 bits per heavy atom. The van der Waals surface area contributed by atoms with E-state index in [1.807, 2.05) is 37.8 Å². The number of likely N-dealkylation sites (tertiary alicyclic amines) is 1. The van der Waals surface area contributed by atoms with Crippen LogP contribution in [0.25, 0.3) is 0 Å². The number of aromatic carboxylic acids is 1. The summed E-state index contributed by atoms with van der Waals surface area (Å²) < 4.78 is 1.79. The van der Waals surface area contributed by atoms with E-state index in [1.54, 1.807) is 16.8 Å². The van der Waals surface area contributed by atoms with Gasteiger partial charge in [0.05, 0.1) is 11.3 Å². The average molecular weight is 355 g/mol. The average Bonchev–Trinajstić information content (AvgIpc) is 2.88. The van der Waals surface area contributed by atoms with Crippen LogP contribution in [0, 0.1) is 20.8 Å². The van der Waals surface area contributed by atoms with E-state index in [9.17, 15) is 9.59 Å². The number of piperidine rings is 1. The molecule has 1 aromatic carbocycles. The van der Waals surface area contributed by atoms with Crippen LogP contribution in [0.1, 0.15) is 51.6 Å². The van der Waals surface area contributed by atoms with Crippen LogP contribution in [0.2, 0.25) is 0 Å². The number of hydrogen-bond donors (Lipinski definition) is 1. The standard InChI is InChI=1S/C20H25N3O3/c1-13-14(2)21-23(15(13)3)12-19(24)22-10-4-5-18(11-22)16-6-8-17(9-7-16)20(25)26/h6-9,18H,4-5,10-12H2,1-3H3,(H,25,26)/t18-/m1/s1. The van der Waals surface area contributed by atoms with Crippen LogP contribution in [-0.2, 0) is 11.3 Å². The summed E-state index contributed by atoms with van der Waals surface area (Å²) in [5, 5.41) is 13.5. The second kappa shape index (κ2) is 7.32. The van der Waals surface area contributed by atoms with Gasteiger partial charge in [0.1, 0.15) is 6.54 Å². The number of carbonyl (C=O) groups excluding carboxylic acids is 1. The number of aryl methyl sites for hydroxylation is 1. The maximum absolute atomic E-state index is 12.7. The molecule has 1 N–H and O–H groups in total. The largest absolute Gasteiger partial charge is 0.478 e. The number of hydrogen-bond acceptors (Lipinski definition) is 3. The number of nitrogens with zero attached hydrogens (tertiary/aromatic N) is 3. The maximum atomic E-state index is 12.7. The van der Waals surface area contributed by atoms with Gasteiger partial charge in [-0.15, -0.1) is 0 Å². The smallest absolute Gasteiger partial charge is 0.335 e. The predicted molar refractivity (Wildman–Crippen MR) is 98.4 cm³/mol. The van der Waals surface area contributed by atoms with Gasteiger partial charge in [-0.25, -0.2) is 4.79 Å². The van der Waals surface area contributed by atoms with Crippen molar-refractivity contribution in [2.24, 2.45) is 0 Å². The molecule has 0 aliphatic carbocycles. The van der Waals surface area contributed by atoms with Gasteiger partial charge >= 0.3 is 5.97 Å². The van der Waals surface area contributed by atoms with Crippen molar-refractivity contribution in [3.8, 4) is 0 Å². The fraction of sp³-hybridized carbons (Fsp3) is 0.450. The van der Waals surface area contributed by atoms with Crippen LogP contribution in [0.4, 0.5) is 0 Å². The second-order valence-electron chi connectivity index (χ2n) is 7.06. The number of carboxylic acids is 1. The monoisotopic (exact) mass is 355 g/mol. The molecule has 1 atom stereocenters. The Kier molecular flexibility index (Phi) is 5.11. The van der Waals surface area contributed by atoms with Gasteiger partial charge in [0.2, 0.25) is 5.91 Å². The van der Waals surface area contributed by atoms with E-state index in [2.05, 4.69) is 5.10 Å². The summed E-state index contributed by atoms with van der Waals surface area (Å²) >= 11 is 0. The first-order valence-corrected chi connectivity index (χ1v) is 8.98. The summed E-state index contributed by atoms with van der Waals surface area (Å²) in [6.45, 7) is 7.68. The van der Waals surface area contributed by atoms with E-state index < -0.39 is 5.97 Å². The van der Waals surface area contributed by atoms with Gasteiger partial charge < -0.3 is 10.0 Å². The van der Waals surface area contributed by atoms with Gasteiger partial charge in [0, 0.05) is 24.7 Å². The zero-order valence-electron chi connectivity index (χ0n) is 15.5. The topological polar surface area (TPSA) is 75.4 Å². The Hall–Kier alpha value is -2.63. The Labute approximate surface area is 153 Å². The molecule has 0 spiro atoms. The zero-order chi connectivity index (χ0) is 18.8. The van der Waals surface area contributed by atoms with Crippen molar-refractivity contribution in [2.75, 3.05) is 13.1 Å². The summed E-state index contributed by atoms with van der Waals surface area (Å²) in [6, 6.07) is 7.01. The molecule has 1 amide bonds. The minimum absolute atomic E-state index is 0.0856. The quantitative estimate of drug-likeness (QED) is 0.915. The SMILES string of the molecule is Cc1nn(CC(=O)N2CCC[C@@H](c3ccc(C(=O)O)cc3)C2)c(C)c1C. The lowest BCUT2D eigenvalue weighted by Gasteiger charge is -2.33. The molecule has 3 rings (SSSR count). The molecular weight excluding hydrogens is 330 g/mol. The Morgan fingerprint density at radius 3 is 2.46 bits per heavy atom. The lowest BCUT2D eigenvalue weighted by atomic mass is 9.90. The number of benzene rings is 1. The third-order valence-electron chi connectivity index (χ3n) is 5.43. The molecule has 138 valence electrons. The van der Waals surface area contributed by atoms with E-state index in [1.165, 1.54) is 0 Å². The highest BCUT2D eigenvalue weighted by Crippen LogP contribution is 2.27. The normalized spacial score (nSPS) is 17.3. The van der Waals surface area contributed by atoms with Gasteiger partial charge in [-0.3, -0.25) is 9.48 Å². The highest BCUT2D eigenvalue weighted by atomic mass is 16.4. The molecule has 6 nitrogen and oxygen atoms in total. The molecular formula is C20H25N3O3. The molecule has 6 heteroatoms. The van der Waals surface area contributed by atoms with Crippen LogP contribution in [0.15, 0.2) is 24.3 Å². The molecule has 0 bridgehead atoms. The summed E-state index contributed by atoms with van der Waals surface area (Å²) in [4.78, 5) is 25.7. The number of aromatic nitrogens is 2. The first kappa shape index (κ1) is 18.2. The third kappa shape index (κ3) is 3.64. The molecule has 0 unspecified atom stereocenters. The summed E-state index contributed by atoms with van der Waals surface area (Å²) in [6.07, 6.45) is 1.96. The molecule has 0 saturated carbocycles. The maximum Gasteiger partial charge on any atom is 0.335 e. The summed E-state index contributed by atoms with van der Waals surface area (Å²) in [5.41, 5.74) is 4.51. The Bertz CT molecular complexity index is 824. The van der Waals surface area contributed by atoms with Crippen LogP contribution in [0.5, 0.6) is 0 Å². The third-order valence-corrected chi connectivity index (χ3v) is 5.43. The first-order valence-electron chi connectivity index (χ1n) is 8.98. The molecule has 1 aliphatic rings. The van der Waals surface area contributed by atoms with Crippen molar-refractivity contribution in [2.45, 2.75) is 46.1 Å². The van der Waals surface area contributed by atoms with Crippen molar-refractivity contribution in [1.29, 1.82) is 0 Å². The van der Waals surface area contributed by atoms with Crippen molar-refractivity contribution in [3.63, 3.8) is 0 Å². The van der Waals surface area contributed by atoms with Gasteiger partial charge in [0.15, 0.2) is 0 Å². The summed E-state index contributed by atoms with van der Waals surface area (Å²) in [5.74, 6) is -0.586. The number of carboxylic acid groups (broad SMARTS) is 1. The van der Waals surface area contributed by atoms with Crippen LogP contribution < -0.4 is 0 Å². The fourth-order valence-electron chi connectivity index (χ4n) is 3.54. The highest BCUT2D eigenvalue weighted by molar-refractivity contribution is 5.87. The van der Waals surface area contributed by atoms with Crippen molar-refractivity contribution < 1.29 is 14.7 Å². The van der Waals surface area contributed by atoms with Gasteiger partial charge in [0.25, 0.3) is 0 Å². The van der Waals surface area contributed by atoms with Gasteiger partial charge in [-0.1, -0.05) is 12.1 Å². The van der Waals surface area contributed by atoms with Crippen LogP contribution >= 0.6 is 0 Å². The molecule has 0 radical (unpaired) electrons. The van der Waals surface area contributed by atoms with E-state index >= 15 is 0 Å². The minimum atomic E-state index is -0.919. The fourth-order valence-corrected chi connectivity index (χ4v) is 3.54. The first-order chi connectivity index (χ1) is 12.4. The van der Waals surface area contributed by atoms with Gasteiger partial charge in [-0.2, -0.15) is 5.10 Å². The van der Waals surface area contributed by atoms with E-state index in [0.29, 0.717) is 6.54 Å². The molecule has 1 aliphatic heterocycles. The van der Waals surface area contributed by atoms with Crippen LogP contribution in [-0.4, -0.2) is 44.8 Å². The van der Waals surface area contributed by atoms with E-state index in [0.717, 1.165) is 41.9 Å². The van der Waals surface area contributed by atoms with Gasteiger partial charge in [-0.05, 0) is 56.9 Å². The predicted octanol–water partition coefficient (Wildman–Crippen LogP) is 2.91. The second-order valence-corrected chi connectivity index (χ2v) is 7.06. The Morgan fingerprint density at radius 1 is 1.19 bits per heavy atom. The molecule has 1 saturated heterocycles. The Balaban J connectivity index is 1.68. The van der Waals surface area contributed by atoms with E-state index in [-0.39, 0.29) is 23.9 Å². The number of amides is 1. The molecule has 2 aromatic rings. The highest BCUT2D eigenvalue weighted by Gasteiger charge is 2.25. The van der Waals surface area contributed by atoms with Crippen LogP contribution in [0.3, 0.4) is 0 Å². The van der Waals surface area contributed by atoms with Crippen molar-refractivity contribution in [3.05, 3.63) is 52.3 Å². The lowest BCUT2D eigenvalue weighted by molar-refractivity contribution is -0.133. The van der Waals surface area contributed by atoms with Crippen molar-refractivity contribution in [1.82, 2.24) is 14.7 Å². The van der Waals surface area contributed by atoms with E-state index in [4.69, 9.17) is 5.11 Å². The lowest BCUT2D eigenvalue weighted by Crippen LogP contribution is -2.41. The van der Waals surface area contributed by atoms with Crippen molar-refractivity contribution >= 4 is 11.9 Å². The minimum Gasteiger partial charge on any atom is -0.478 e. The molecule has 1 aromatic heterocycles.